The van der Waals surface area contributed by atoms with Gasteiger partial charge in [0.25, 0.3) is 0 Å². The summed E-state index contributed by atoms with van der Waals surface area (Å²) >= 11 is 0. The van der Waals surface area contributed by atoms with Crippen LogP contribution in [0.3, 0.4) is 0 Å². The molecule has 3 nitrogen and oxygen atoms in total. The molecule has 1 aliphatic heterocycles. The van der Waals surface area contributed by atoms with E-state index in [-0.39, 0.29) is 6.10 Å². The van der Waals surface area contributed by atoms with Crippen LogP contribution < -0.4 is 0 Å². The third-order valence-corrected chi connectivity index (χ3v) is 3.15. The Labute approximate surface area is 80.8 Å². The zero-order valence-electron chi connectivity index (χ0n) is 8.76. The summed E-state index contributed by atoms with van der Waals surface area (Å²) in [7, 11) is -1.66. The maximum absolute atomic E-state index is 9.12. The molecule has 1 saturated heterocycles. The van der Waals surface area contributed by atoms with Crippen LogP contribution in [0.25, 0.3) is 0 Å². The van der Waals surface area contributed by atoms with Gasteiger partial charge in [0.05, 0.1) is 18.8 Å². The molecule has 0 spiro atoms. The summed E-state index contributed by atoms with van der Waals surface area (Å²) in [5.74, 6) is 0. The molecule has 1 rings (SSSR count). The Morgan fingerprint density at radius 1 is 1.54 bits per heavy atom. The summed E-state index contributed by atoms with van der Waals surface area (Å²) in [5, 5.41) is 9.12. The first kappa shape index (κ1) is 10.7. The van der Waals surface area contributed by atoms with Gasteiger partial charge in [0, 0.05) is 6.42 Å². The zero-order valence-corrected chi connectivity index (χ0v) is 9.76. The maximum Gasteiger partial charge on any atom is 0.186 e. The normalized spacial score (nSPS) is 34.5. The molecule has 0 aromatic rings. The van der Waals surface area contributed by atoms with Gasteiger partial charge in [-0.05, 0) is 26.6 Å². The monoisotopic (exact) mass is 199 g/mol. The average Bonchev–Trinajstić information content (AvgIpc) is 2.30. The summed E-state index contributed by atoms with van der Waals surface area (Å²) in [5.41, 5.74) is -0.676. The van der Waals surface area contributed by atoms with Crippen LogP contribution in [-0.4, -0.2) is 26.6 Å². The van der Waals surface area contributed by atoms with Gasteiger partial charge in [-0.2, -0.15) is 5.26 Å². The van der Waals surface area contributed by atoms with E-state index in [1.807, 2.05) is 6.92 Å². The number of rotatable bonds is 2. The zero-order chi connectivity index (χ0) is 10.1. The molecule has 1 fully saturated rings. The first-order chi connectivity index (χ1) is 5.90. The first-order valence-corrected chi connectivity index (χ1v) is 8.03. The minimum Gasteiger partial charge on any atom is -0.398 e. The van der Waals surface area contributed by atoms with E-state index in [2.05, 4.69) is 25.7 Å². The molecule has 0 N–H and O–H groups in total. The third kappa shape index (κ3) is 2.30. The molecule has 0 aliphatic carbocycles. The van der Waals surface area contributed by atoms with Crippen molar-refractivity contribution in [1.29, 1.82) is 5.26 Å². The van der Waals surface area contributed by atoms with E-state index in [9.17, 15) is 0 Å². The molecule has 1 heterocycles. The highest BCUT2D eigenvalue weighted by atomic mass is 28.4. The Hall–Kier alpha value is -0.373. The minimum absolute atomic E-state index is 0.0933. The molecule has 0 aromatic carbocycles. The molecule has 74 valence electrons. The smallest absolute Gasteiger partial charge is 0.186 e. The quantitative estimate of drug-likeness (QED) is 0.638. The van der Waals surface area contributed by atoms with Crippen LogP contribution in [-0.2, 0) is 9.16 Å². The average molecular weight is 199 g/mol. The Morgan fingerprint density at radius 3 is 2.46 bits per heavy atom. The highest BCUT2D eigenvalue weighted by Gasteiger charge is 2.45. The van der Waals surface area contributed by atoms with Crippen molar-refractivity contribution in [3.63, 3.8) is 0 Å². The number of hydrogen-bond donors (Lipinski definition) is 0. The highest BCUT2D eigenvalue weighted by molar-refractivity contribution is 6.69. The second-order valence-corrected chi connectivity index (χ2v) is 8.91. The van der Waals surface area contributed by atoms with Crippen molar-refractivity contribution in [3.05, 3.63) is 0 Å². The lowest BCUT2D eigenvalue weighted by molar-refractivity contribution is 0.0243. The predicted molar refractivity (Wildman–Crippen MR) is 52.8 cm³/mol. The van der Waals surface area contributed by atoms with Crippen molar-refractivity contribution in [1.82, 2.24) is 0 Å². The molecule has 0 bridgehead atoms. The van der Waals surface area contributed by atoms with Crippen molar-refractivity contribution in [2.45, 2.75) is 44.7 Å². The Bertz CT molecular complexity index is 231. The molecular formula is C9H17NO2Si. The molecule has 2 unspecified atom stereocenters. The van der Waals surface area contributed by atoms with Crippen LogP contribution in [0.1, 0.15) is 13.3 Å². The standard InChI is InChI=1S/C9H17NO2Si/c1-8-9(7-10,5-6-11-8)12-13(2,3)4/h8H,5-6H2,1-4H3. The molecule has 0 radical (unpaired) electrons. The maximum atomic E-state index is 9.12. The van der Waals surface area contributed by atoms with Crippen molar-refractivity contribution in [3.8, 4) is 6.07 Å². The van der Waals surface area contributed by atoms with Gasteiger partial charge >= 0.3 is 0 Å². The van der Waals surface area contributed by atoms with Gasteiger partial charge in [-0.15, -0.1) is 0 Å². The third-order valence-electron chi connectivity index (χ3n) is 2.18. The van der Waals surface area contributed by atoms with Gasteiger partial charge in [-0.25, -0.2) is 0 Å². The summed E-state index contributed by atoms with van der Waals surface area (Å²) < 4.78 is 11.3. The lowest BCUT2D eigenvalue weighted by Gasteiger charge is -2.32. The van der Waals surface area contributed by atoms with Gasteiger partial charge in [-0.1, -0.05) is 0 Å². The van der Waals surface area contributed by atoms with E-state index in [1.165, 1.54) is 0 Å². The first-order valence-electron chi connectivity index (χ1n) is 4.63. The largest absolute Gasteiger partial charge is 0.398 e. The summed E-state index contributed by atoms with van der Waals surface area (Å²) in [6, 6.07) is 2.27. The van der Waals surface area contributed by atoms with E-state index >= 15 is 0 Å². The molecule has 13 heavy (non-hydrogen) atoms. The highest BCUT2D eigenvalue weighted by Crippen LogP contribution is 2.31. The Kier molecular flexibility index (Phi) is 2.81. The number of nitriles is 1. The molecule has 1 aliphatic rings. The van der Waals surface area contributed by atoms with Crippen molar-refractivity contribution in [2.24, 2.45) is 0 Å². The van der Waals surface area contributed by atoms with Crippen molar-refractivity contribution in [2.75, 3.05) is 6.61 Å². The molecule has 4 heteroatoms. The lowest BCUT2D eigenvalue weighted by Crippen LogP contribution is -2.46. The fraction of sp³-hybridized carbons (Fsp3) is 0.889. The van der Waals surface area contributed by atoms with Crippen LogP contribution >= 0.6 is 0 Å². The Morgan fingerprint density at radius 2 is 2.15 bits per heavy atom. The summed E-state index contributed by atoms with van der Waals surface area (Å²) in [4.78, 5) is 0. The van der Waals surface area contributed by atoms with Gasteiger partial charge in [0.2, 0.25) is 0 Å². The molecule has 2 atom stereocenters. The van der Waals surface area contributed by atoms with Gasteiger partial charge in [-0.3, -0.25) is 0 Å². The molecule has 0 aromatic heterocycles. The predicted octanol–water partition coefficient (Wildman–Crippen LogP) is 1.91. The van der Waals surface area contributed by atoms with Crippen LogP contribution in [0, 0.1) is 11.3 Å². The number of hydrogen-bond acceptors (Lipinski definition) is 3. The summed E-state index contributed by atoms with van der Waals surface area (Å²) in [6.45, 7) is 8.83. The van der Waals surface area contributed by atoms with Gasteiger partial charge < -0.3 is 9.16 Å². The second kappa shape index (κ2) is 3.41. The van der Waals surface area contributed by atoms with Crippen molar-refractivity contribution >= 4 is 8.32 Å². The fourth-order valence-electron chi connectivity index (χ4n) is 1.58. The van der Waals surface area contributed by atoms with E-state index < -0.39 is 13.9 Å². The van der Waals surface area contributed by atoms with Crippen LogP contribution in [0.2, 0.25) is 19.6 Å². The summed E-state index contributed by atoms with van der Waals surface area (Å²) in [6.07, 6.45) is 0.610. The minimum atomic E-state index is -1.66. The second-order valence-electron chi connectivity index (χ2n) is 4.48. The van der Waals surface area contributed by atoms with E-state index in [0.717, 1.165) is 0 Å². The topological polar surface area (TPSA) is 42.2 Å². The van der Waals surface area contributed by atoms with Gasteiger partial charge in [0.15, 0.2) is 13.9 Å². The van der Waals surface area contributed by atoms with E-state index in [0.29, 0.717) is 13.0 Å². The van der Waals surface area contributed by atoms with E-state index in [4.69, 9.17) is 14.4 Å². The lowest BCUT2D eigenvalue weighted by atomic mass is 9.99. The van der Waals surface area contributed by atoms with E-state index in [1.54, 1.807) is 0 Å². The molecule has 0 amide bonds. The molecule has 0 saturated carbocycles. The fourth-order valence-corrected chi connectivity index (χ4v) is 2.98. The number of ether oxygens (including phenoxy) is 1. The number of nitrogens with zero attached hydrogens (tertiary/aromatic N) is 1. The van der Waals surface area contributed by atoms with Gasteiger partial charge in [0.1, 0.15) is 0 Å². The SMILES string of the molecule is CC1OCCC1(C#N)O[Si](C)(C)C. The Balaban J connectivity index is 2.78. The van der Waals surface area contributed by atoms with Crippen LogP contribution in [0.15, 0.2) is 0 Å². The van der Waals surface area contributed by atoms with Crippen LogP contribution in [0.5, 0.6) is 0 Å². The van der Waals surface area contributed by atoms with Crippen LogP contribution in [0.4, 0.5) is 0 Å². The van der Waals surface area contributed by atoms with Crippen molar-refractivity contribution < 1.29 is 9.16 Å². The molecular weight excluding hydrogens is 182 g/mol.